The summed E-state index contributed by atoms with van der Waals surface area (Å²) in [7, 11) is 0. The van der Waals surface area contributed by atoms with Crippen LogP contribution in [0.5, 0.6) is 0 Å². The van der Waals surface area contributed by atoms with Gasteiger partial charge in [-0.2, -0.15) is 5.10 Å². The SMILES string of the molecule is CCCn1cc(NCc2ccc(-c3cccnc3)o2)cn1. The first-order chi connectivity index (χ1) is 10.3. The van der Waals surface area contributed by atoms with E-state index < -0.39 is 0 Å². The Balaban J connectivity index is 1.62. The molecule has 0 aliphatic rings. The molecule has 0 saturated carbocycles. The summed E-state index contributed by atoms with van der Waals surface area (Å²) < 4.78 is 7.75. The van der Waals surface area contributed by atoms with E-state index in [0.29, 0.717) is 6.54 Å². The Hall–Kier alpha value is -2.56. The average Bonchev–Trinajstić information content (AvgIpc) is 3.16. The fraction of sp³-hybridized carbons (Fsp3) is 0.250. The molecule has 0 unspecified atom stereocenters. The molecule has 21 heavy (non-hydrogen) atoms. The third-order valence-electron chi connectivity index (χ3n) is 3.16. The number of hydrogen-bond acceptors (Lipinski definition) is 4. The fourth-order valence-corrected chi connectivity index (χ4v) is 2.13. The molecule has 0 amide bonds. The quantitative estimate of drug-likeness (QED) is 0.751. The van der Waals surface area contributed by atoms with Crippen LogP contribution < -0.4 is 5.32 Å². The highest BCUT2D eigenvalue weighted by molar-refractivity contribution is 5.55. The number of nitrogens with one attached hydrogen (secondary N) is 1. The summed E-state index contributed by atoms with van der Waals surface area (Å²) in [5.74, 6) is 1.72. The zero-order chi connectivity index (χ0) is 14.5. The Kier molecular flexibility index (Phi) is 4.00. The molecule has 5 heteroatoms. The number of rotatable bonds is 6. The van der Waals surface area contributed by atoms with Crippen molar-refractivity contribution in [1.29, 1.82) is 0 Å². The lowest BCUT2D eigenvalue weighted by Gasteiger charge is -2.00. The van der Waals surface area contributed by atoms with Crippen LogP contribution in [-0.2, 0) is 13.1 Å². The van der Waals surface area contributed by atoms with Gasteiger partial charge in [-0.15, -0.1) is 0 Å². The summed E-state index contributed by atoms with van der Waals surface area (Å²) >= 11 is 0. The standard InChI is InChI=1S/C16H18N4O/c1-2-8-20-12-14(10-19-20)18-11-15-5-6-16(21-15)13-4-3-7-17-9-13/h3-7,9-10,12,18H,2,8,11H2,1H3. The van der Waals surface area contributed by atoms with E-state index in [1.165, 1.54) is 0 Å². The predicted octanol–water partition coefficient (Wildman–Crippen LogP) is 3.56. The minimum absolute atomic E-state index is 0.637. The van der Waals surface area contributed by atoms with Gasteiger partial charge in [-0.1, -0.05) is 6.92 Å². The van der Waals surface area contributed by atoms with Crippen LogP contribution in [0.3, 0.4) is 0 Å². The van der Waals surface area contributed by atoms with E-state index in [2.05, 4.69) is 22.3 Å². The second kappa shape index (κ2) is 6.26. The van der Waals surface area contributed by atoms with Gasteiger partial charge < -0.3 is 9.73 Å². The second-order valence-corrected chi connectivity index (χ2v) is 4.85. The average molecular weight is 282 g/mol. The van der Waals surface area contributed by atoms with E-state index in [1.54, 1.807) is 12.4 Å². The number of nitrogens with zero attached hydrogens (tertiary/aromatic N) is 3. The van der Waals surface area contributed by atoms with Crippen molar-refractivity contribution >= 4 is 5.69 Å². The maximum Gasteiger partial charge on any atom is 0.135 e. The van der Waals surface area contributed by atoms with Gasteiger partial charge in [0.25, 0.3) is 0 Å². The summed E-state index contributed by atoms with van der Waals surface area (Å²) in [5, 5.41) is 7.60. The van der Waals surface area contributed by atoms with Crippen molar-refractivity contribution in [3.8, 4) is 11.3 Å². The number of hydrogen-bond donors (Lipinski definition) is 1. The van der Waals surface area contributed by atoms with Gasteiger partial charge in [0.2, 0.25) is 0 Å². The van der Waals surface area contributed by atoms with Crippen LogP contribution in [0.15, 0.2) is 53.5 Å². The molecular formula is C16H18N4O. The Morgan fingerprint density at radius 3 is 3.00 bits per heavy atom. The lowest BCUT2D eigenvalue weighted by atomic mass is 10.2. The van der Waals surface area contributed by atoms with Crippen molar-refractivity contribution in [2.75, 3.05) is 5.32 Å². The van der Waals surface area contributed by atoms with Crippen LogP contribution in [0, 0.1) is 0 Å². The van der Waals surface area contributed by atoms with E-state index in [0.717, 1.165) is 35.7 Å². The number of pyridine rings is 1. The van der Waals surface area contributed by atoms with E-state index in [-0.39, 0.29) is 0 Å². The Morgan fingerprint density at radius 1 is 1.24 bits per heavy atom. The lowest BCUT2D eigenvalue weighted by molar-refractivity contribution is 0.531. The molecule has 0 bridgehead atoms. The molecule has 0 radical (unpaired) electrons. The van der Waals surface area contributed by atoms with E-state index >= 15 is 0 Å². The van der Waals surface area contributed by atoms with E-state index in [4.69, 9.17) is 4.42 Å². The van der Waals surface area contributed by atoms with E-state index in [9.17, 15) is 0 Å². The molecule has 0 spiro atoms. The molecule has 0 aliphatic carbocycles. The van der Waals surface area contributed by atoms with Gasteiger partial charge in [0.05, 0.1) is 18.4 Å². The molecule has 108 valence electrons. The maximum atomic E-state index is 5.82. The molecule has 3 aromatic heterocycles. The summed E-state index contributed by atoms with van der Waals surface area (Å²) in [6.07, 6.45) is 8.47. The monoisotopic (exact) mass is 282 g/mol. The van der Waals surface area contributed by atoms with E-state index in [1.807, 2.05) is 41.3 Å². The largest absolute Gasteiger partial charge is 0.459 e. The van der Waals surface area contributed by atoms with Gasteiger partial charge >= 0.3 is 0 Å². The highest BCUT2D eigenvalue weighted by atomic mass is 16.3. The van der Waals surface area contributed by atoms with Gasteiger partial charge in [-0.3, -0.25) is 9.67 Å². The number of aryl methyl sites for hydroxylation is 1. The van der Waals surface area contributed by atoms with Crippen molar-refractivity contribution in [2.45, 2.75) is 26.4 Å². The summed E-state index contributed by atoms with van der Waals surface area (Å²) in [6, 6.07) is 7.83. The second-order valence-electron chi connectivity index (χ2n) is 4.85. The molecule has 3 rings (SSSR count). The van der Waals surface area contributed by atoms with Crippen LogP contribution in [0.2, 0.25) is 0 Å². The Bertz CT molecular complexity index is 687. The predicted molar refractivity (Wildman–Crippen MR) is 81.8 cm³/mol. The Labute approximate surface area is 123 Å². The van der Waals surface area contributed by atoms with Crippen molar-refractivity contribution < 1.29 is 4.42 Å². The third-order valence-corrected chi connectivity index (χ3v) is 3.16. The van der Waals surface area contributed by atoms with Crippen molar-refractivity contribution in [3.05, 3.63) is 54.8 Å². The van der Waals surface area contributed by atoms with Gasteiger partial charge in [0.15, 0.2) is 0 Å². The first-order valence-corrected chi connectivity index (χ1v) is 7.10. The topological polar surface area (TPSA) is 55.9 Å². The van der Waals surface area contributed by atoms with Gasteiger partial charge in [0, 0.05) is 30.7 Å². The molecular weight excluding hydrogens is 264 g/mol. The van der Waals surface area contributed by atoms with Crippen LogP contribution >= 0.6 is 0 Å². The number of furan rings is 1. The normalized spacial score (nSPS) is 10.7. The van der Waals surface area contributed by atoms with Crippen LogP contribution in [0.4, 0.5) is 5.69 Å². The summed E-state index contributed by atoms with van der Waals surface area (Å²) in [4.78, 5) is 4.10. The summed E-state index contributed by atoms with van der Waals surface area (Å²) in [5.41, 5.74) is 1.99. The van der Waals surface area contributed by atoms with Gasteiger partial charge in [-0.05, 0) is 30.7 Å². The summed E-state index contributed by atoms with van der Waals surface area (Å²) in [6.45, 7) is 3.71. The Morgan fingerprint density at radius 2 is 2.19 bits per heavy atom. The molecule has 3 aromatic rings. The highest BCUT2D eigenvalue weighted by Crippen LogP contribution is 2.21. The van der Waals surface area contributed by atoms with Gasteiger partial charge in [-0.25, -0.2) is 0 Å². The molecule has 5 nitrogen and oxygen atoms in total. The fourth-order valence-electron chi connectivity index (χ4n) is 2.13. The maximum absolute atomic E-state index is 5.82. The zero-order valence-corrected chi connectivity index (χ0v) is 12.0. The first-order valence-electron chi connectivity index (χ1n) is 7.10. The first kappa shape index (κ1) is 13.4. The number of anilines is 1. The minimum Gasteiger partial charge on any atom is -0.459 e. The van der Waals surface area contributed by atoms with Crippen molar-refractivity contribution in [2.24, 2.45) is 0 Å². The molecule has 0 atom stereocenters. The molecule has 1 N–H and O–H groups in total. The third kappa shape index (κ3) is 3.31. The van der Waals surface area contributed by atoms with Crippen LogP contribution in [0.1, 0.15) is 19.1 Å². The molecule has 0 fully saturated rings. The molecule has 0 aromatic carbocycles. The number of aromatic nitrogens is 3. The van der Waals surface area contributed by atoms with Crippen LogP contribution in [-0.4, -0.2) is 14.8 Å². The van der Waals surface area contributed by atoms with Crippen LogP contribution in [0.25, 0.3) is 11.3 Å². The molecule has 3 heterocycles. The highest BCUT2D eigenvalue weighted by Gasteiger charge is 2.05. The zero-order valence-electron chi connectivity index (χ0n) is 12.0. The molecule has 0 aliphatic heterocycles. The van der Waals surface area contributed by atoms with Gasteiger partial charge in [0.1, 0.15) is 11.5 Å². The minimum atomic E-state index is 0.637. The molecule has 0 saturated heterocycles. The van der Waals surface area contributed by atoms with Crippen molar-refractivity contribution in [1.82, 2.24) is 14.8 Å². The smallest absolute Gasteiger partial charge is 0.135 e. The lowest BCUT2D eigenvalue weighted by Crippen LogP contribution is -1.98. The van der Waals surface area contributed by atoms with Crippen molar-refractivity contribution in [3.63, 3.8) is 0 Å².